The number of hydrogen-bond donors (Lipinski definition) is 0. The SMILES string of the molecule is CC1CCCN(S(=O)(=O)c2ccc(C(=O)N(Cc3ccco3)c3nc4ccccc4s3)cc2)C1. The lowest BCUT2D eigenvalue weighted by Crippen LogP contribution is -2.39. The van der Waals surface area contributed by atoms with Gasteiger partial charge in [-0.15, -0.1) is 0 Å². The zero-order valence-electron chi connectivity index (χ0n) is 18.8. The van der Waals surface area contributed by atoms with Gasteiger partial charge in [-0.2, -0.15) is 4.31 Å². The van der Waals surface area contributed by atoms with Crippen LogP contribution in [0.15, 0.2) is 76.2 Å². The van der Waals surface area contributed by atoms with Gasteiger partial charge in [-0.25, -0.2) is 13.4 Å². The molecule has 1 amide bonds. The largest absolute Gasteiger partial charge is 0.467 e. The van der Waals surface area contributed by atoms with Crippen LogP contribution in [-0.2, 0) is 16.6 Å². The quantitative estimate of drug-likeness (QED) is 0.369. The first-order valence-electron chi connectivity index (χ1n) is 11.2. The molecule has 7 nitrogen and oxygen atoms in total. The lowest BCUT2D eigenvalue weighted by atomic mass is 10.0. The Balaban J connectivity index is 1.44. The number of carbonyl (C=O) groups excluding carboxylic acids is 1. The van der Waals surface area contributed by atoms with E-state index in [-0.39, 0.29) is 17.3 Å². The number of piperidine rings is 1. The molecule has 34 heavy (non-hydrogen) atoms. The molecule has 0 saturated carbocycles. The van der Waals surface area contributed by atoms with Crippen LogP contribution < -0.4 is 4.90 Å². The fourth-order valence-electron chi connectivity index (χ4n) is 4.20. The van der Waals surface area contributed by atoms with Crippen LogP contribution in [0.4, 0.5) is 5.13 Å². The van der Waals surface area contributed by atoms with Crippen LogP contribution in [0.2, 0.25) is 0 Å². The maximum Gasteiger partial charge on any atom is 0.260 e. The fraction of sp³-hybridized carbons (Fsp3) is 0.280. The average molecular weight is 496 g/mol. The van der Waals surface area contributed by atoms with Crippen molar-refractivity contribution in [3.63, 3.8) is 0 Å². The van der Waals surface area contributed by atoms with Gasteiger partial charge < -0.3 is 4.42 Å². The number of hydrogen-bond acceptors (Lipinski definition) is 6. The second-order valence-corrected chi connectivity index (χ2v) is 11.5. The molecular weight excluding hydrogens is 470 g/mol. The maximum atomic E-state index is 13.5. The fourth-order valence-corrected chi connectivity index (χ4v) is 6.76. The van der Waals surface area contributed by atoms with Crippen molar-refractivity contribution in [3.8, 4) is 0 Å². The smallest absolute Gasteiger partial charge is 0.260 e. The number of nitrogens with zero attached hydrogens (tertiary/aromatic N) is 3. The molecule has 1 atom stereocenters. The normalized spacial score (nSPS) is 17.1. The van der Waals surface area contributed by atoms with Crippen LogP contribution >= 0.6 is 11.3 Å². The number of benzene rings is 2. The van der Waals surface area contributed by atoms with Crippen molar-refractivity contribution < 1.29 is 17.6 Å². The first-order valence-corrected chi connectivity index (χ1v) is 13.5. The molecule has 0 spiro atoms. The Kier molecular flexibility index (Phi) is 6.24. The Labute approximate surface area is 202 Å². The zero-order valence-corrected chi connectivity index (χ0v) is 20.4. The Hall–Kier alpha value is -3.01. The van der Waals surface area contributed by atoms with Crippen LogP contribution in [0.3, 0.4) is 0 Å². The number of anilines is 1. The van der Waals surface area contributed by atoms with Gasteiger partial charge in [0.1, 0.15) is 5.76 Å². The van der Waals surface area contributed by atoms with E-state index in [1.165, 1.54) is 23.5 Å². The first-order chi connectivity index (χ1) is 16.4. The van der Waals surface area contributed by atoms with Crippen LogP contribution in [0.5, 0.6) is 0 Å². The Morgan fingerprint density at radius 1 is 1.15 bits per heavy atom. The first kappa shape index (κ1) is 22.8. The van der Waals surface area contributed by atoms with Crippen molar-refractivity contribution in [3.05, 3.63) is 78.3 Å². The number of aromatic nitrogens is 1. The molecule has 0 N–H and O–H groups in total. The molecule has 1 aliphatic heterocycles. The standard InChI is InChI=1S/C25H25N3O4S2/c1-18-6-4-14-27(16-18)34(30,31)21-12-10-19(11-13-21)24(29)28(17-20-7-5-15-32-20)25-26-22-8-2-3-9-23(22)33-25/h2-3,5,7-13,15,18H,4,6,14,16-17H2,1H3. The highest BCUT2D eigenvalue weighted by molar-refractivity contribution is 7.89. The number of carbonyl (C=O) groups is 1. The number of furan rings is 1. The minimum Gasteiger partial charge on any atom is -0.467 e. The number of fused-ring (bicyclic) bond motifs is 1. The Bertz CT molecular complexity index is 1360. The molecule has 0 aliphatic carbocycles. The van der Waals surface area contributed by atoms with Gasteiger partial charge in [0.15, 0.2) is 5.13 Å². The number of para-hydroxylation sites is 1. The van der Waals surface area contributed by atoms with Crippen molar-refractivity contribution in [2.24, 2.45) is 5.92 Å². The van der Waals surface area contributed by atoms with Crippen molar-refractivity contribution in [2.45, 2.75) is 31.2 Å². The molecule has 5 rings (SSSR count). The van der Waals surface area contributed by atoms with Gasteiger partial charge in [0.05, 0.1) is 27.9 Å². The lowest BCUT2D eigenvalue weighted by Gasteiger charge is -2.30. The van der Waals surface area contributed by atoms with Crippen molar-refractivity contribution in [2.75, 3.05) is 18.0 Å². The van der Waals surface area contributed by atoms with E-state index in [2.05, 4.69) is 11.9 Å². The Morgan fingerprint density at radius 3 is 2.65 bits per heavy atom. The van der Waals surface area contributed by atoms with E-state index in [0.717, 1.165) is 23.1 Å². The molecule has 9 heteroatoms. The molecule has 1 saturated heterocycles. The van der Waals surface area contributed by atoms with E-state index in [1.807, 2.05) is 30.3 Å². The molecule has 0 radical (unpaired) electrons. The summed E-state index contributed by atoms with van der Waals surface area (Å²) in [5.41, 5.74) is 1.20. The van der Waals surface area contributed by atoms with Gasteiger partial charge in [0.2, 0.25) is 10.0 Å². The van der Waals surface area contributed by atoms with E-state index >= 15 is 0 Å². The second kappa shape index (κ2) is 9.32. The summed E-state index contributed by atoms with van der Waals surface area (Å²) >= 11 is 1.43. The third-order valence-corrected chi connectivity index (χ3v) is 8.95. The van der Waals surface area contributed by atoms with Gasteiger partial charge in [-0.3, -0.25) is 9.69 Å². The summed E-state index contributed by atoms with van der Waals surface area (Å²) in [5, 5.41) is 0.557. The second-order valence-electron chi connectivity index (χ2n) is 8.57. The summed E-state index contributed by atoms with van der Waals surface area (Å²) < 4.78 is 34.2. The lowest BCUT2D eigenvalue weighted by molar-refractivity contribution is 0.0983. The molecule has 2 aromatic carbocycles. The van der Waals surface area contributed by atoms with Crippen LogP contribution in [-0.4, -0.2) is 36.7 Å². The molecule has 3 heterocycles. The van der Waals surface area contributed by atoms with Crippen molar-refractivity contribution >= 4 is 42.6 Å². The van der Waals surface area contributed by atoms with E-state index in [4.69, 9.17) is 4.42 Å². The van der Waals surface area contributed by atoms with Gasteiger partial charge >= 0.3 is 0 Å². The topological polar surface area (TPSA) is 83.7 Å². The summed E-state index contributed by atoms with van der Waals surface area (Å²) in [6.07, 6.45) is 3.47. The van der Waals surface area contributed by atoms with Crippen molar-refractivity contribution in [1.82, 2.24) is 9.29 Å². The average Bonchev–Trinajstić information content (AvgIpc) is 3.52. The van der Waals surface area contributed by atoms with Crippen LogP contribution in [0, 0.1) is 5.92 Å². The molecular formula is C25H25N3O4S2. The highest BCUT2D eigenvalue weighted by Crippen LogP contribution is 2.31. The number of thiazole rings is 1. The number of sulfonamides is 1. The molecule has 1 fully saturated rings. The summed E-state index contributed by atoms with van der Waals surface area (Å²) in [6.45, 7) is 3.34. The summed E-state index contributed by atoms with van der Waals surface area (Å²) in [7, 11) is -3.59. The highest BCUT2D eigenvalue weighted by Gasteiger charge is 2.29. The monoisotopic (exact) mass is 495 g/mol. The third kappa shape index (κ3) is 4.51. The van der Waals surface area contributed by atoms with E-state index < -0.39 is 10.0 Å². The van der Waals surface area contributed by atoms with Crippen LogP contribution in [0.25, 0.3) is 10.2 Å². The minimum atomic E-state index is -3.59. The van der Waals surface area contributed by atoms with Gasteiger partial charge in [0.25, 0.3) is 5.91 Å². The summed E-state index contributed by atoms with van der Waals surface area (Å²) in [4.78, 5) is 20.0. The number of rotatable bonds is 6. The molecule has 0 bridgehead atoms. The Morgan fingerprint density at radius 2 is 1.94 bits per heavy atom. The summed E-state index contributed by atoms with van der Waals surface area (Å²) in [5.74, 6) is 0.699. The number of amides is 1. The van der Waals surface area contributed by atoms with Gasteiger partial charge in [0, 0.05) is 18.7 Å². The molecule has 2 aromatic heterocycles. The minimum absolute atomic E-state index is 0.204. The van der Waals surface area contributed by atoms with E-state index in [1.54, 1.807) is 33.7 Å². The molecule has 1 unspecified atom stereocenters. The zero-order chi connectivity index (χ0) is 23.7. The third-order valence-electron chi connectivity index (χ3n) is 6.01. The van der Waals surface area contributed by atoms with E-state index in [9.17, 15) is 13.2 Å². The molecule has 176 valence electrons. The van der Waals surface area contributed by atoms with Gasteiger partial charge in [-0.1, -0.05) is 30.4 Å². The highest BCUT2D eigenvalue weighted by atomic mass is 32.2. The van der Waals surface area contributed by atoms with Crippen LogP contribution in [0.1, 0.15) is 35.9 Å². The maximum absolute atomic E-state index is 13.5. The summed E-state index contributed by atoms with van der Waals surface area (Å²) in [6, 6.07) is 17.5. The predicted molar refractivity (Wildman–Crippen MR) is 132 cm³/mol. The molecule has 1 aliphatic rings. The van der Waals surface area contributed by atoms with E-state index in [0.29, 0.717) is 35.5 Å². The van der Waals surface area contributed by atoms with Crippen molar-refractivity contribution in [1.29, 1.82) is 0 Å². The molecule has 4 aromatic rings. The van der Waals surface area contributed by atoms with Gasteiger partial charge in [-0.05, 0) is 67.3 Å². The predicted octanol–water partition coefficient (Wildman–Crippen LogP) is 5.16.